The topological polar surface area (TPSA) is 33.3 Å². The van der Waals surface area contributed by atoms with Crippen molar-refractivity contribution in [1.82, 2.24) is 9.38 Å². The largest absolute Gasteiger partial charge is 0.456 e. The molecule has 0 saturated heterocycles. The Kier molecular flexibility index (Phi) is 2.59. The summed E-state index contributed by atoms with van der Waals surface area (Å²) in [4.78, 5) is 3.66. The van der Waals surface area contributed by atoms with E-state index in [0.29, 0.717) is 0 Å². The first kappa shape index (κ1) is 16.2. The van der Waals surface area contributed by atoms with Crippen LogP contribution in [0.4, 0.5) is 0 Å². The molecule has 0 saturated carbocycles. The molecular weight excluding hydrogens is 404 g/mol. The lowest BCUT2D eigenvalue weighted by atomic mass is 10.0. The number of fused-ring (bicyclic) bond motifs is 9. The number of furan rings is 1. The van der Waals surface area contributed by atoms with Crippen LogP contribution in [-0.2, 0) is 0 Å². The molecule has 3 heteroatoms. The van der Waals surface area contributed by atoms with E-state index >= 15 is 0 Å². The van der Waals surface area contributed by atoms with E-state index in [1.165, 1.54) is 65.3 Å². The molecule has 0 radical (unpaired) electrons. The predicted molar refractivity (Wildman–Crippen MR) is 138 cm³/mol. The van der Waals surface area contributed by atoms with E-state index < -0.39 is 0 Å². The van der Waals surface area contributed by atoms with Gasteiger partial charge in [-0.25, -0.2) is 0 Å². The third-order valence-electron chi connectivity index (χ3n) is 7.45. The van der Waals surface area contributed by atoms with Crippen molar-refractivity contribution in [3.63, 3.8) is 0 Å². The fourth-order valence-corrected chi connectivity index (χ4v) is 6.21. The van der Waals surface area contributed by atoms with Gasteiger partial charge in [0.2, 0.25) is 0 Å². The predicted octanol–water partition coefficient (Wildman–Crippen LogP) is 8.37. The summed E-state index contributed by atoms with van der Waals surface area (Å²) in [6, 6.07) is 32.6. The Morgan fingerprint density at radius 2 is 1.18 bits per heavy atom. The second kappa shape index (κ2) is 5.28. The average molecular weight is 420 g/mol. The third-order valence-corrected chi connectivity index (χ3v) is 7.45. The summed E-state index contributed by atoms with van der Waals surface area (Å²) >= 11 is 0. The van der Waals surface area contributed by atoms with Crippen LogP contribution in [0.5, 0.6) is 0 Å². The number of hydrogen-bond donors (Lipinski definition) is 1. The average Bonchev–Trinajstić information content (AvgIpc) is 3.49. The maximum Gasteiger partial charge on any atom is 0.137 e. The van der Waals surface area contributed by atoms with E-state index in [0.717, 1.165) is 16.6 Å². The zero-order valence-corrected chi connectivity index (χ0v) is 17.5. The fourth-order valence-electron chi connectivity index (χ4n) is 6.21. The number of rotatable bonds is 0. The number of H-pyrrole nitrogens is 1. The van der Waals surface area contributed by atoms with Crippen LogP contribution in [0.1, 0.15) is 0 Å². The number of nitrogens with zero attached hydrogens (tertiary/aromatic N) is 1. The van der Waals surface area contributed by atoms with Crippen LogP contribution in [0.2, 0.25) is 0 Å². The fraction of sp³-hybridized carbons (Fsp3) is 0. The summed E-state index contributed by atoms with van der Waals surface area (Å²) in [5, 5.41) is 10.0. The number of para-hydroxylation sites is 2. The SMILES string of the molecule is c1ccc2c(c1)oc1ccc3c4cccc5c6cccc7[nH]c8cccc(c8c76)n(c54)c3c12. The minimum absolute atomic E-state index is 0.928. The molecule has 0 amide bonds. The Morgan fingerprint density at radius 3 is 2.12 bits per heavy atom. The summed E-state index contributed by atoms with van der Waals surface area (Å²) in [5.41, 5.74) is 7.91. The molecule has 9 aromatic rings. The minimum atomic E-state index is 0.928. The summed E-state index contributed by atoms with van der Waals surface area (Å²) in [7, 11) is 0. The van der Waals surface area contributed by atoms with Crippen molar-refractivity contribution in [2.75, 3.05) is 0 Å². The Bertz CT molecular complexity index is 2240. The first-order valence-corrected chi connectivity index (χ1v) is 11.3. The van der Waals surface area contributed by atoms with Gasteiger partial charge in [-0.15, -0.1) is 0 Å². The quantitative estimate of drug-likeness (QED) is 0.263. The molecule has 4 heterocycles. The molecular formula is C30H16N2O. The normalized spacial score (nSPS) is 12.8. The van der Waals surface area contributed by atoms with Crippen molar-refractivity contribution >= 4 is 81.8 Å². The molecule has 0 bridgehead atoms. The van der Waals surface area contributed by atoms with Gasteiger partial charge in [-0.1, -0.05) is 54.6 Å². The highest BCUT2D eigenvalue weighted by Crippen LogP contribution is 2.44. The van der Waals surface area contributed by atoms with Gasteiger partial charge < -0.3 is 13.8 Å². The summed E-state index contributed by atoms with van der Waals surface area (Å²) in [6.07, 6.45) is 0. The van der Waals surface area contributed by atoms with Crippen LogP contribution in [0.15, 0.2) is 95.4 Å². The van der Waals surface area contributed by atoms with Gasteiger partial charge in [0.05, 0.1) is 21.9 Å². The highest BCUT2D eigenvalue weighted by atomic mass is 16.3. The maximum atomic E-state index is 6.29. The lowest BCUT2D eigenvalue weighted by Crippen LogP contribution is -1.86. The zero-order chi connectivity index (χ0) is 21.3. The smallest absolute Gasteiger partial charge is 0.137 e. The summed E-state index contributed by atoms with van der Waals surface area (Å²) in [5.74, 6) is 0. The lowest BCUT2D eigenvalue weighted by Gasteiger charge is -2.02. The molecule has 9 rings (SSSR count). The van der Waals surface area contributed by atoms with Gasteiger partial charge in [0.25, 0.3) is 0 Å². The van der Waals surface area contributed by atoms with E-state index in [1.54, 1.807) is 0 Å². The summed E-state index contributed by atoms with van der Waals surface area (Å²) < 4.78 is 8.78. The lowest BCUT2D eigenvalue weighted by molar-refractivity contribution is 0.669. The first-order chi connectivity index (χ1) is 16.4. The van der Waals surface area contributed by atoms with E-state index in [1.807, 2.05) is 6.07 Å². The number of hydrogen-bond acceptors (Lipinski definition) is 1. The summed E-state index contributed by atoms with van der Waals surface area (Å²) in [6.45, 7) is 0. The highest BCUT2D eigenvalue weighted by molar-refractivity contribution is 6.33. The van der Waals surface area contributed by atoms with Gasteiger partial charge in [0.15, 0.2) is 0 Å². The molecule has 0 atom stereocenters. The number of benzene rings is 5. The minimum Gasteiger partial charge on any atom is -0.456 e. The molecule has 33 heavy (non-hydrogen) atoms. The van der Waals surface area contributed by atoms with Crippen molar-refractivity contribution in [3.8, 4) is 0 Å². The van der Waals surface area contributed by atoms with E-state index in [9.17, 15) is 0 Å². The number of aromatic nitrogens is 2. The van der Waals surface area contributed by atoms with E-state index in [2.05, 4.69) is 94.3 Å². The Balaban J connectivity index is 1.78. The molecule has 1 N–H and O–H groups in total. The van der Waals surface area contributed by atoms with Crippen LogP contribution < -0.4 is 0 Å². The second-order valence-corrected chi connectivity index (χ2v) is 9.02. The van der Waals surface area contributed by atoms with Gasteiger partial charge in [0, 0.05) is 43.4 Å². The molecule has 3 nitrogen and oxygen atoms in total. The maximum absolute atomic E-state index is 6.29. The van der Waals surface area contributed by atoms with Gasteiger partial charge in [-0.3, -0.25) is 0 Å². The van der Waals surface area contributed by atoms with Crippen molar-refractivity contribution in [3.05, 3.63) is 91.0 Å². The molecule has 0 aliphatic heterocycles. The second-order valence-electron chi connectivity index (χ2n) is 9.02. The van der Waals surface area contributed by atoms with E-state index in [4.69, 9.17) is 4.42 Å². The zero-order valence-electron chi connectivity index (χ0n) is 17.5. The first-order valence-electron chi connectivity index (χ1n) is 11.3. The van der Waals surface area contributed by atoms with Crippen molar-refractivity contribution in [2.45, 2.75) is 0 Å². The van der Waals surface area contributed by atoms with Crippen LogP contribution in [0.25, 0.3) is 81.8 Å². The van der Waals surface area contributed by atoms with Crippen molar-refractivity contribution in [1.29, 1.82) is 0 Å². The number of nitrogens with one attached hydrogen (secondary N) is 1. The van der Waals surface area contributed by atoms with E-state index in [-0.39, 0.29) is 0 Å². The van der Waals surface area contributed by atoms with Crippen LogP contribution in [0.3, 0.4) is 0 Å². The molecule has 152 valence electrons. The number of aromatic amines is 1. The Hall–Kier alpha value is -4.50. The van der Waals surface area contributed by atoms with Crippen LogP contribution >= 0.6 is 0 Å². The highest BCUT2D eigenvalue weighted by Gasteiger charge is 2.21. The van der Waals surface area contributed by atoms with Crippen LogP contribution in [-0.4, -0.2) is 9.38 Å². The van der Waals surface area contributed by atoms with Crippen LogP contribution in [0, 0.1) is 0 Å². The molecule has 5 aromatic carbocycles. The molecule has 0 aliphatic rings. The Morgan fingerprint density at radius 1 is 0.485 bits per heavy atom. The van der Waals surface area contributed by atoms with Crippen molar-refractivity contribution < 1.29 is 4.42 Å². The molecule has 4 aromatic heterocycles. The Labute approximate surface area is 186 Å². The molecule has 0 aliphatic carbocycles. The van der Waals surface area contributed by atoms with Gasteiger partial charge >= 0.3 is 0 Å². The molecule has 0 spiro atoms. The van der Waals surface area contributed by atoms with Gasteiger partial charge in [-0.05, 0) is 41.8 Å². The van der Waals surface area contributed by atoms with Gasteiger partial charge in [-0.2, -0.15) is 0 Å². The van der Waals surface area contributed by atoms with Gasteiger partial charge in [0.1, 0.15) is 11.2 Å². The molecule has 0 fully saturated rings. The monoisotopic (exact) mass is 420 g/mol. The van der Waals surface area contributed by atoms with Crippen molar-refractivity contribution in [2.24, 2.45) is 0 Å². The third kappa shape index (κ3) is 1.74. The molecule has 0 unspecified atom stereocenters. The standard InChI is InChI=1S/C30H16N2O/c1-2-13-24-20(6-1)27-25(33-24)15-14-19-18-9-3-8-17-16-7-4-10-21-26(16)28-22(31-21)11-5-12-23(28)32(29(17)18)30(19)27/h1-15,31H.